The van der Waals surface area contributed by atoms with Crippen molar-refractivity contribution in [2.45, 2.75) is 13.0 Å². The van der Waals surface area contributed by atoms with Crippen LogP contribution in [0.2, 0.25) is 0 Å². The molecule has 1 aliphatic heterocycles. The van der Waals surface area contributed by atoms with Crippen molar-refractivity contribution in [3.63, 3.8) is 0 Å². The molecule has 0 radical (unpaired) electrons. The van der Waals surface area contributed by atoms with Crippen molar-refractivity contribution in [1.29, 1.82) is 0 Å². The molecule has 2 amide bonds. The van der Waals surface area contributed by atoms with Gasteiger partial charge in [0.25, 0.3) is 11.6 Å². The lowest BCUT2D eigenvalue weighted by Gasteiger charge is -2.23. The lowest BCUT2D eigenvalue weighted by Crippen LogP contribution is -2.34. The minimum absolute atomic E-state index is 0.0840. The first kappa shape index (κ1) is 17.2. The van der Waals surface area contributed by atoms with Crippen LogP contribution in [0.15, 0.2) is 48.5 Å². The summed E-state index contributed by atoms with van der Waals surface area (Å²) in [5.41, 5.74) is 1.17. The first-order valence-corrected chi connectivity index (χ1v) is 7.78. The number of anilines is 2. The summed E-state index contributed by atoms with van der Waals surface area (Å²) < 4.78 is 5.44. The molecular weight excluding hydrogens is 338 g/mol. The van der Waals surface area contributed by atoms with E-state index in [9.17, 15) is 19.7 Å². The van der Waals surface area contributed by atoms with Crippen molar-refractivity contribution in [3.05, 3.63) is 64.2 Å². The maximum atomic E-state index is 12.1. The van der Waals surface area contributed by atoms with Gasteiger partial charge in [-0.1, -0.05) is 12.1 Å². The van der Waals surface area contributed by atoms with Crippen LogP contribution in [0.25, 0.3) is 6.08 Å². The van der Waals surface area contributed by atoms with Gasteiger partial charge in [0, 0.05) is 17.8 Å². The number of hydrogen-bond acceptors (Lipinski definition) is 5. The number of ether oxygens (including phenoxy) is 1. The minimum Gasteiger partial charge on any atom is -0.479 e. The molecule has 0 saturated heterocycles. The minimum atomic E-state index is -0.576. The molecule has 0 saturated carbocycles. The normalized spacial score (nSPS) is 15.7. The molecule has 2 aromatic carbocycles. The fourth-order valence-corrected chi connectivity index (χ4v) is 2.43. The van der Waals surface area contributed by atoms with Gasteiger partial charge < -0.3 is 15.4 Å². The van der Waals surface area contributed by atoms with Gasteiger partial charge in [-0.05, 0) is 37.3 Å². The third kappa shape index (κ3) is 3.69. The van der Waals surface area contributed by atoms with E-state index in [1.807, 2.05) is 0 Å². The zero-order chi connectivity index (χ0) is 18.7. The van der Waals surface area contributed by atoms with E-state index in [4.69, 9.17) is 4.74 Å². The van der Waals surface area contributed by atoms with E-state index in [1.54, 1.807) is 43.3 Å². The van der Waals surface area contributed by atoms with Crippen molar-refractivity contribution in [2.24, 2.45) is 0 Å². The Balaban J connectivity index is 1.72. The summed E-state index contributed by atoms with van der Waals surface area (Å²) in [5, 5.41) is 16.3. The molecule has 1 aliphatic rings. The van der Waals surface area contributed by atoms with Crippen molar-refractivity contribution in [1.82, 2.24) is 0 Å². The molecule has 0 aliphatic carbocycles. The van der Waals surface area contributed by atoms with Gasteiger partial charge in [-0.2, -0.15) is 0 Å². The van der Waals surface area contributed by atoms with Gasteiger partial charge in [0.1, 0.15) is 5.75 Å². The highest BCUT2D eigenvalue weighted by Crippen LogP contribution is 2.32. The lowest BCUT2D eigenvalue weighted by molar-refractivity contribution is -0.385. The van der Waals surface area contributed by atoms with Crippen LogP contribution < -0.4 is 15.4 Å². The highest BCUT2D eigenvalue weighted by atomic mass is 16.6. The number of rotatable bonds is 4. The fourth-order valence-electron chi connectivity index (χ4n) is 2.43. The molecule has 2 aromatic rings. The van der Waals surface area contributed by atoms with Gasteiger partial charge >= 0.3 is 0 Å². The smallest absolute Gasteiger partial charge is 0.276 e. The Labute approximate surface area is 148 Å². The van der Waals surface area contributed by atoms with Gasteiger partial charge in [0.15, 0.2) is 6.10 Å². The zero-order valence-corrected chi connectivity index (χ0v) is 13.8. The number of amides is 2. The molecule has 0 spiro atoms. The van der Waals surface area contributed by atoms with Crippen LogP contribution in [0, 0.1) is 10.1 Å². The molecule has 3 rings (SSSR count). The maximum absolute atomic E-state index is 12.1. The molecule has 2 N–H and O–H groups in total. The predicted molar refractivity (Wildman–Crippen MR) is 95.9 cm³/mol. The fraction of sp³-hybridized carbons (Fsp3) is 0.111. The van der Waals surface area contributed by atoms with Gasteiger partial charge in [0.05, 0.1) is 16.2 Å². The van der Waals surface area contributed by atoms with Crippen LogP contribution in [0.3, 0.4) is 0 Å². The summed E-state index contributed by atoms with van der Waals surface area (Å²) >= 11 is 0. The molecule has 8 nitrogen and oxygen atoms in total. The molecule has 0 fully saturated rings. The zero-order valence-electron chi connectivity index (χ0n) is 13.8. The first-order chi connectivity index (χ1) is 12.4. The van der Waals surface area contributed by atoms with Crippen LogP contribution >= 0.6 is 0 Å². The van der Waals surface area contributed by atoms with E-state index in [-0.39, 0.29) is 11.6 Å². The van der Waals surface area contributed by atoms with Crippen LogP contribution in [0.5, 0.6) is 5.75 Å². The van der Waals surface area contributed by atoms with Crippen molar-refractivity contribution < 1.29 is 19.2 Å². The summed E-state index contributed by atoms with van der Waals surface area (Å²) in [6.07, 6.45) is 2.00. The molecule has 1 heterocycles. The molecule has 0 bridgehead atoms. The Kier molecular flexibility index (Phi) is 4.66. The molecule has 0 aromatic heterocycles. The number of fused-ring (bicyclic) bond motifs is 1. The Morgan fingerprint density at radius 2 is 2.08 bits per heavy atom. The second kappa shape index (κ2) is 7.06. The first-order valence-electron chi connectivity index (χ1n) is 7.78. The molecular formula is C18H15N3O5. The Bertz CT molecular complexity index is 923. The second-order valence-corrected chi connectivity index (χ2v) is 5.60. The summed E-state index contributed by atoms with van der Waals surface area (Å²) in [6, 6.07) is 11.0. The predicted octanol–water partition coefficient (Wildman–Crippen LogP) is 2.97. The number of nitrogens with zero attached hydrogens (tertiary/aromatic N) is 1. The number of carbonyl (C=O) groups excluding carboxylic acids is 2. The number of nitro benzene ring substituents is 1. The average molecular weight is 353 g/mol. The van der Waals surface area contributed by atoms with Crippen molar-refractivity contribution in [2.75, 3.05) is 10.6 Å². The van der Waals surface area contributed by atoms with E-state index in [1.165, 1.54) is 18.2 Å². The number of carbonyl (C=O) groups is 2. The van der Waals surface area contributed by atoms with E-state index < -0.39 is 16.9 Å². The Morgan fingerprint density at radius 3 is 2.85 bits per heavy atom. The molecule has 1 atom stereocenters. The van der Waals surface area contributed by atoms with Gasteiger partial charge in [0.2, 0.25) is 5.91 Å². The summed E-state index contributed by atoms with van der Waals surface area (Å²) in [4.78, 5) is 34.2. The largest absolute Gasteiger partial charge is 0.479 e. The van der Waals surface area contributed by atoms with Crippen LogP contribution in [-0.2, 0) is 9.59 Å². The van der Waals surface area contributed by atoms with E-state index in [0.717, 1.165) is 0 Å². The van der Waals surface area contributed by atoms with E-state index in [2.05, 4.69) is 10.6 Å². The highest BCUT2D eigenvalue weighted by Gasteiger charge is 2.23. The summed E-state index contributed by atoms with van der Waals surface area (Å²) in [5.74, 6) is -0.206. The number of para-hydroxylation sites is 1. The highest BCUT2D eigenvalue weighted by molar-refractivity contribution is 6.03. The number of benzene rings is 2. The molecule has 0 unspecified atom stereocenters. The molecule has 8 heteroatoms. The van der Waals surface area contributed by atoms with Crippen molar-refractivity contribution in [3.8, 4) is 5.75 Å². The SMILES string of the molecule is C[C@@H]1Oc2ccc(NC(=O)/C=C/c3ccccc3[N+](=O)[O-])cc2NC1=O. The third-order valence-corrected chi connectivity index (χ3v) is 3.73. The van der Waals surface area contributed by atoms with E-state index in [0.29, 0.717) is 22.7 Å². The number of nitrogens with one attached hydrogen (secondary N) is 2. The Hall–Kier alpha value is -3.68. The molecule has 26 heavy (non-hydrogen) atoms. The number of hydrogen-bond donors (Lipinski definition) is 2. The van der Waals surface area contributed by atoms with E-state index >= 15 is 0 Å². The maximum Gasteiger partial charge on any atom is 0.276 e. The van der Waals surface area contributed by atoms with Crippen molar-refractivity contribution >= 4 is 35.0 Å². The summed E-state index contributed by atoms with van der Waals surface area (Å²) in [7, 11) is 0. The van der Waals surface area contributed by atoms with Crippen LogP contribution in [0.4, 0.5) is 17.1 Å². The number of nitro groups is 1. The standard InChI is InChI=1S/C18H15N3O5/c1-11-18(23)20-14-10-13(7-8-16(14)26-11)19-17(22)9-6-12-4-2-3-5-15(12)21(24)25/h2-11H,1H3,(H,19,22)(H,20,23)/b9-6+/t11-/m0/s1. The van der Waals surface area contributed by atoms with Gasteiger partial charge in [-0.3, -0.25) is 19.7 Å². The quantitative estimate of drug-likeness (QED) is 0.499. The molecule has 132 valence electrons. The third-order valence-electron chi connectivity index (χ3n) is 3.73. The van der Waals surface area contributed by atoms with Crippen LogP contribution in [-0.4, -0.2) is 22.8 Å². The second-order valence-electron chi connectivity index (χ2n) is 5.60. The summed E-state index contributed by atoms with van der Waals surface area (Å²) in [6.45, 7) is 1.64. The average Bonchev–Trinajstić information content (AvgIpc) is 2.61. The topological polar surface area (TPSA) is 111 Å². The van der Waals surface area contributed by atoms with Crippen LogP contribution in [0.1, 0.15) is 12.5 Å². The van der Waals surface area contributed by atoms with Gasteiger partial charge in [-0.15, -0.1) is 0 Å². The monoisotopic (exact) mass is 353 g/mol. The lowest BCUT2D eigenvalue weighted by atomic mass is 10.1. The Morgan fingerprint density at radius 1 is 1.31 bits per heavy atom. The van der Waals surface area contributed by atoms with Gasteiger partial charge in [-0.25, -0.2) is 0 Å².